The van der Waals surface area contributed by atoms with E-state index in [1.165, 1.54) is 11.8 Å². The van der Waals surface area contributed by atoms with E-state index in [2.05, 4.69) is 12.2 Å². The molecule has 18 heavy (non-hydrogen) atoms. The number of carboxylic acid groups (broad SMARTS) is 1. The van der Waals surface area contributed by atoms with Gasteiger partial charge in [-0.1, -0.05) is 32.3 Å². The first-order chi connectivity index (χ1) is 8.53. The van der Waals surface area contributed by atoms with E-state index in [9.17, 15) is 14.7 Å². The van der Waals surface area contributed by atoms with Crippen LogP contribution in [0.3, 0.4) is 0 Å². The lowest BCUT2D eigenvalue weighted by Gasteiger charge is -2.34. The Kier molecular flexibility index (Phi) is 4.00. The number of carbonyl (C=O) groups excluding carboxylic acids is 1. The SMILES string of the molecule is CC1CC=C(C(=O)NC2(C(=O)O)CCCCC2)S1. The summed E-state index contributed by atoms with van der Waals surface area (Å²) in [5.74, 6) is -1.11. The summed E-state index contributed by atoms with van der Waals surface area (Å²) in [5.41, 5.74) is -1.04. The molecule has 2 aliphatic rings. The van der Waals surface area contributed by atoms with Gasteiger partial charge >= 0.3 is 5.97 Å². The van der Waals surface area contributed by atoms with Gasteiger partial charge in [-0.2, -0.15) is 0 Å². The van der Waals surface area contributed by atoms with E-state index < -0.39 is 11.5 Å². The highest BCUT2D eigenvalue weighted by Crippen LogP contribution is 2.34. The van der Waals surface area contributed by atoms with Crippen LogP contribution >= 0.6 is 11.8 Å². The van der Waals surface area contributed by atoms with Gasteiger partial charge in [0.1, 0.15) is 5.54 Å². The van der Waals surface area contributed by atoms with Crippen LogP contribution in [0, 0.1) is 0 Å². The summed E-state index contributed by atoms with van der Waals surface area (Å²) in [6, 6.07) is 0. The van der Waals surface area contributed by atoms with Gasteiger partial charge in [0.2, 0.25) is 0 Å². The number of thioether (sulfide) groups is 1. The molecule has 0 spiro atoms. The molecular weight excluding hydrogens is 250 g/mol. The minimum atomic E-state index is -1.04. The first kappa shape index (κ1) is 13.5. The molecule has 4 nitrogen and oxygen atoms in total. The second kappa shape index (κ2) is 5.34. The Labute approximate surface area is 111 Å². The van der Waals surface area contributed by atoms with E-state index in [1.54, 1.807) is 0 Å². The Morgan fingerprint density at radius 1 is 1.39 bits per heavy atom. The van der Waals surface area contributed by atoms with Crippen molar-refractivity contribution in [3.63, 3.8) is 0 Å². The molecule has 0 saturated heterocycles. The molecule has 2 rings (SSSR count). The number of hydrogen-bond acceptors (Lipinski definition) is 3. The molecule has 0 aromatic rings. The zero-order valence-corrected chi connectivity index (χ0v) is 11.4. The Balaban J connectivity index is 2.05. The maximum absolute atomic E-state index is 12.1. The van der Waals surface area contributed by atoms with Crippen molar-refractivity contribution in [1.29, 1.82) is 0 Å². The van der Waals surface area contributed by atoms with Crippen molar-refractivity contribution in [2.24, 2.45) is 0 Å². The standard InChI is InChI=1S/C13H19NO3S/c1-9-5-6-10(18-9)11(15)14-13(12(16)17)7-3-2-4-8-13/h6,9H,2-5,7-8H2,1H3,(H,14,15)(H,16,17). The number of amides is 1. The lowest BCUT2D eigenvalue weighted by Crippen LogP contribution is -2.55. The van der Waals surface area contributed by atoms with Crippen LogP contribution in [0.4, 0.5) is 0 Å². The number of rotatable bonds is 3. The van der Waals surface area contributed by atoms with Gasteiger partial charge < -0.3 is 10.4 Å². The summed E-state index contributed by atoms with van der Waals surface area (Å²) in [5, 5.41) is 12.6. The molecule has 0 aromatic heterocycles. The zero-order chi connectivity index (χ0) is 13.2. The van der Waals surface area contributed by atoms with Crippen LogP contribution in [0.15, 0.2) is 11.0 Å². The van der Waals surface area contributed by atoms with Gasteiger partial charge in [-0.15, -0.1) is 11.8 Å². The van der Waals surface area contributed by atoms with E-state index in [0.29, 0.717) is 23.0 Å². The Hall–Kier alpha value is -0.970. The summed E-state index contributed by atoms with van der Waals surface area (Å²) >= 11 is 1.53. The van der Waals surface area contributed by atoms with Crippen molar-refractivity contribution in [3.05, 3.63) is 11.0 Å². The average molecular weight is 269 g/mol. The third-order valence-electron chi connectivity index (χ3n) is 3.66. The van der Waals surface area contributed by atoms with E-state index in [-0.39, 0.29) is 5.91 Å². The normalized spacial score (nSPS) is 26.5. The molecule has 5 heteroatoms. The van der Waals surface area contributed by atoms with Crippen LogP contribution in [0.2, 0.25) is 0 Å². The predicted octanol–water partition coefficient (Wildman–Crippen LogP) is 2.30. The first-order valence-corrected chi connectivity index (χ1v) is 7.34. The average Bonchev–Trinajstić information content (AvgIpc) is 2.77. The Bertz CT molecular complexity index is 386. The number of carboxylic acids is 1. The topological polar surface area (TPSA) is 66.4 Å². The fraction of sp³-hybridized carbons (Fsp3) is 0.692. The maximum Gasteiger partial charge on any atom is 0.329 e. The van der Waals surface area contributed by atoms with E-state index in [4.69, 9.17) is 0 Å². The number of nitrogens with one attached hydrogen (secondary N) is 1. The zero-order valence-electron chi connectivity index (χ0n) is 10.6. The summed E-state index contributed by atoms with van der Waals surface area (Å²) in [4.78, 5) is 24.2. The van der Waals surface area contributed by atoms with Gasteiger partial charge in [-0.3, -0.25) is 4.79 Å². The molecule has 1 saturated carbocycles. The Morgan fingerprint density at radius 3 is 2.56 bits per heavy atom. The smallest absolute Gasteiger partial charge is 0.329 e. The quantitative estimate of drug-likeness (QED) is 0.825. The van der Waals surface area contributed by atoms with Gasteiger partial charge in [0.05, 0.1) is 4.91 Å². The van der Waals surface area contributed by atoms with E-state index in [1.807, 2.05) is 6.08 Å². The highest BCUT2D eigenvalue weighted by atomic mass is 32.2. The highest BCUT2D eigenvalue weighted by Gasteiger charge is 2.41. The van der Waals surface area contributed by atoms with E-state index in [0.717, 1.165) is 25.7 Å². The number of carbonyl (C=O) groups is 2. The largest absolute Gasteiger partial charge is 0.480 e. The molecule has 1 aliphatic carbocycles. The lowest BCUT2D eigenvalue weighted by molar-refractivity contribution is -0.148. The summed E-state index contributed by atoms with van der Waals surface area (Å²) in [6.45, 7) is 2.06. The summed E-state index contributed by atoms with van der Waals surface area (Å²) in [7, 11) is 0. The molecule has 1 atom stereocenters. The number of aliphatic carboxylic acids is 1. The van der Waals surface area contributed by atoms with Gasteiger partial charge in [0, 0.05) is 5.25 Å². The fourth-order valence-corrected chi connectivity index (χ4v) is 3.54. The molecule has 1 amide bonds. The minimum Gasteiger partial charge on any atom is -0.480 e. The van der Waals surface area contributed by atoms with Crippen LogP contribution in [0.5, 0.6) is 0 Å². The van der Waals surface area contributed by atoms with Crippen LogP contribution in [-0.2, 0) is 9.59 Å². The van der Waals surface area contributed by atoms with Crippen molar-refractivity contribution in [2.45, 2.75) is 56.2 Å². The maximum atomic E-state index is 12.1. The second-order valence-electron chi connectivity index (χ2n) is 5.13. The summed E-state index contributed by atoms with van der Waals surface area (Å²) in [6.07, 6.45) is 6.67. The summed E-state index contributed by atoms with van der Waals surface area (Å²) < 4.78 is 0. The molecule has 1 unspecified atom stereocenters. The van der Waals surface area contributed by atoms with Crippen LogP contribution in [0.1, 0.15) is 45.4 Å². The lowest BCUT2D eigenvalue weighted by atomic mass is 9.81. The number of hydrogen-bond donors (Lipinski definition) is 2. The van der Waals surface area contributed by atoms with E-state index >= 15 is 0 Å². The third-order valence-corrected chi connectivity index (χ3v) is 4.86. The third kappa shape index (κ3) is 2.71. The molecule has 1 aliphatic heterocycles. The van der Waals surface area contributed by atoms with Gasteiger partial charge in [0.15, 0.2) is 0 Å². The molecule has 1 fully saturated rings. The molecular formula is C13H19NO3S. The van der Waals surface area contributed by atoms with Gasteiger partial charge in [-0.25, -0.2) is 4.79 Å². The second-order valence-corrected chi connectivity index (χ2v) is 6.61. The van der Waals surface area contributed by atoms with Crippen molar-refractivity contribution < 1.29 is 14.7 Å². The van der Waals surface area contributed by atoms with Gasteiger partial charge in [-0.05, 0) is 19.3 Å². The van der Waals surface area contributed by atoms with Crippen molar-refractivity contribution >= 4 is 23.6 Å². The molecule has 0 radical (unpaired) electrons. The van der Waals surface area contributed by atoms with Crippen molar-refractivity contribution in [2.75, 3.05) is 0 Å². The highest BCUT2D eigenvalue weighted by molar-refractivity contribution is 8.04. The Morgan fingerprint density at radius 2 is 2.06 bits per heavy atom. The molecule has 2 N–H and O–H groups in total. The fourth-order valence-electron chi connectivity index (χ4n) is 2.56. The predicted molar refractivity (Wildman–Crippen MR) is 71.3 cm³/mol. The molecule has 0 aromatic carbocycles. The van der Waals surface area contributed by atoms with Gasteiger partial charge in [0.25, 0.3) is 5.91 Å². The number of allylic oxidation sites excluding steroid dienone is 1. The van der Waals surface area contributed by atoms with Crippen molar-refractivity contribution in [3.8, 4) is 0 Å². The monoisotopic (exact) mass is 269 g/mol. The van der Waals surface area contributed by atoms with Crippen molar-refractivity contribution in [1.82, 2.24) is 5.32 Å². The first-order valence-electron chi connectivity index (χ1n) is 6.46. The van der Waals surface area contributed by atoms with Crippen LogP contribution in [0.25, 0.3) is 0 Å². The molecule has 0 bridgehead atoms. The van der Waals surface area contributed by atoms with Crippen LogP contribution < -0.4 is 5.32 Å². The molecule has 1 heterocycles. The molecule has 100 valence electrons. The minimum absolute atomic E-state index is 0.214. The van der Waals surface area contributed by atoms with Crippen LogP contribution in [-0.4, -0.2) is 27.8 Å².